The van der Waals surface area contributed by atoms with Crippen molar-refractivity contribution in [1.29, 1.82) is 0 Å². The van der Waals surface area contributed by atoms with Gasteiger partial charge in [0.05, 0.1) is 0 Å². The maximum atomic E-state index is 12.8. The molecule has 2 aliphatic rings. The highest BCUT2D eigenvalue weighted by molar-refractivity contribution is 5.99. The first-order chi connectivity index (χ1) is 9.19. The van der Waals surface area contributed by atoms with Crippen molar-refractivity contribution in [3.05, 3.63) is 0 Å². The number of rotatable bonds is 4. The highest BCUT2D eigenvalue weighted by Crippen LogP contribution is 2.36. The number of piperazine rings is 1. The number of nitrogens with zero attached hydrogens (tertiary/aromatic N) is 1. The predicted octanol–water partition coefficient (Wildman–Crippen LogP) is 2.33. The minimum atomic E-state index is -0.734. The van der Waals surface area contributed by atoms with Crippen molar-refractivity contribution < 1.29 is 9.59 Å². The second-order valence-corrected chi connectivity index (χ2v) is 7.67. The van der Waals surface area contributed by atoms with Gasteiger partial charge in [0.1, 0.15) is 11.6 Å². The second-order valence-electron chi connectivity index (χ2n) is 7.67. The third-order valence-electron chi connectivity index (χ3n) is 4.69. The van der Waals surface area contributed by atoms with E-state index in [2.05, 4.69) is 5.32 Å². The first kappa shape index (κ1) is 15.3. The Morgan fingerprint density at radius 2 is 1.90 bits per heavy atom. The monoisotopic (exact) mass is 280 g/mol. The fraction of sp³-hybridized carbons (Fsp3) is 0.875. The molecule has 1 aliphatic heterocycles. The van der Waals surface area contributed by atoms with Gasteiger partial charge in [-0.15, -0.1) is 0 Å². The van der Waals surface area contributed by atoms with E-state index >= 15 is 0 Å². The lowest BCUT2D eigenvalue weighted by molar-refractivity contribution is -0.159. The highest BCUT2D eigenvalue weighted by atomic mass is 16.2. The van der Waals surface area contributed by atoms with Crippen molar-refractivity contribution in [2.45, 2.75) is 71.9 Å². The summed E-state index contributed by atoms with van der Waals surface area (Å²) in [4.78, 5) is 27.2. The Balaban J connectivity index is 2.24. The first-order valence-corrected chi connectivity index (χ1v) is 7.82. The average Bonchev–Trinajstić information content (AvgIpc) is 3.14. The van der Waals surface area contributed by atoms with Gasteiger partial charge in [-0.2, -0.15) is 0 Å². The number of carbonyl (C=O) groups is 2. The topological polar surface area (TPSA) is 49.4 Å². The van der Waals surface area contributed by atoms with Crippen LogP contribution in [-0.2, 0) is 9.59 Å². The van der Waals surface area contributed by atoms with E-state index in [1.165, 1.54) is 12.8 Å². The molecule has 0 aromatic rings. The summed E-state index contributed by atoms with van der Waals surface area (Å²) >= 11 is 0. The molecule has 1 saturated carbocycles. The quantitative estimate of drug-likeness (QED) is 0.859. The molecular formula is C16H28N2O2. The SMILES string of the molecule is CCC1(C)NC(=O)C(C(C)(C)C)N(CCC2CC2)C1=O. The van der Waals surface area contributed by atoms with Crippen LogP contribution in [-0.4, -0.2) is 34.8 Å². The summed E-state index contributed by atoms with van der Waals surface area (Å²) in [5.41, 5.74) is -0.971. The van der Waals surface area contributed by atoms with Crippen molar-refractivity contribution in [2.24, 2.45) is 11.3 Å². The van der Waals surface area contributed by atoms with E-state index in [4.69, 9.17) is 0 Å². The molecule has 1 heterocycles. The van der Waals surface area contributed by atoms with Gasteiger partial charge < -0.3 is 10.2 Å². The molecule has 0 spiro atoms. The van der Waals surface area contributed by atoms with Crippen LogP contribution >= 0.6 is 0 Å². The number of hydrogen-bond acceptors (Lipinski definition) is 2. The summed E-state index contributed by atoms with van der Waals surface area (Å²) in [6, 6.07) is -0.353. The Morgan fingerprint density at radius 1 is 1.30 bits per heavy atom. The Hall–Kier alpha value is -1.06. The van der Waals surface area contributed by atoms with Crippen molar-refractivity contribution in [1.82, 2.24) is 10.2 Å². The Bertz CT molecular complexity index is 409. The summed E-state index contributed by atoms with van der Waals surface area (Å²) in [5.74, 6) is 0.846. The Labute approximate surface area is 122 Å². The molecule has 0 aromatic carbocycles. The number of nitrogens with one attached hydrogen (secondary N) is 1. The normalized spacial score (nSPS) is 31.4. The van der Waals surface area contributed by atoms with Gasteiger partial charge in [0, 0.05) is 6.54 Å². The van der Waals surface area contributed by atoms with Crippen molar-refractivity contribution in [2.75, 3.05) is 6.54 Å². The third kappa shape index (κ3) is 2.84. The van der Waals surface area contributed by atoms with E-state index in [9.17, 15) is 9.59 Å². The van der Waals surface area contributed by atoms with Crippen LogP contribution in [0.25, 0.3) is 0 Å². The summed E-state index contributed by atoms with van der Waals surface area (Å²) in [5, 5.41) is 2.95. The summed E-state index contributed by atoms with van der Waals surface area (Å²) < 4.78 is 0. The Morgan fingerprint density at radius 3 is 2.35 bits per heavy atom. The maximum Gasteiger partial charge on any atom is 0.248 e. The van der Waals surface area contributed by atoms with E-state index in [1.807, 2.05) is 39.5 Å². The molecular weight excluding hydrogens is 252 g/mol. The van der Waals surface area contributed by atoms with Gasteiger partial charge >= 0.3 is 0 Å². The molecule has 2 fully saturated rings. The van der Waals surface area contributed by atoms with Gasteiger partial charge in [-0.3, -0.25) is 9.59 Å². The van der Waals surface area contributed by atoms with Gasteiger partial charge in [0.25, 0.3) is 0 Å². The second kappa shape index (κ2) is 5.05. The van der Waals surface area contributed by atoms with Crippen LogP contribution in [0, 0.1) is 11.3 Å². The van der Waals surface area contributed by atoms with Gasteiger partial charge in [0.15, 0.2) is 0 Å². The molecule has 4 heteroatoms. The molecule has 2 atom stereocenters. The first-order valence-electron chi connectivity index (χ1n) is 7.82. The van der Waals surface area contributed by atoms with E-state index < -0.39 is 5.54 Å². The van der Waals surface area contributed by atoms with Crippen LogP contribution in [0.4, 0.5) is 0 Å². The zero-order chi connectivity index (χ0) is 15.1. The minimum absolute atomic E-state index is 0.00255. The van der Waals surface area contributed by atoms with Crippen LogP contribution < -0.4 is 5.32 Å². The predicted molar refractivity (Wildman–Crippen MR) is 79.1 cm³/mol. The number of carbonyl (C=O) groups excluding carboxylic acids is 2. The van der Waals surface area contributed by atoms with Crippen LogP contribution in [0.3, 0.4) is 0 Å². The summed E-state index contributed by atoms with van der Waals surface area (Å²) in [7, 11) is 0. The minimum Gasteiger partial charge on any atom is -0.340 e. The average molecular weight is 280 g/mol. The summed E-state index contributed by atoms with van der Waals surface area (Å²) in [6.07, 6.45) is 4.22. The van der Waals surface area contributed by atoms with E-state index in [0.717, 1.165) is 12.3 Å². The fourth-order valence-electron chi connectivity index (χ4n) is 3.03. The lowest BCUT2D eigenvalue weighted by Crippen LogP contribution is -2.71. The van der Waals surface area contributed by atoms with E-state index in [1.54, 1.807) is 0 Å². The molecule has 2 amide bonds. The molecule has 2 rings (SSSR count). The lowest BCUT2D eigenvalue weighted by atomic mass is 9.80. The van der Waals surface area contributed by atoms with Gasteiger partial charge in [-0.1, -0.05) is 40.5 Å². The van der Waals surface area contributed by atoms with Crippen molar-refractivity contribution >= 4 is 11.8 Å². The third-order valence-corrected chi connectivity index (χ3v) is 4.69. The van der Waals surface area contributed by atoms with Crippen LogP contribution in [0.15, 0.2) is 0 Å². The number of amides is 2. The lowest BCUT2D eigenvalue weighted by Gasteiger charge is -2.48. The molecule has 0 radical (unpaired) electrons. The van der Waals surface area contributed by atoms with Crippen molar-refractivity contribution in [3.8, 4) is 0 Å². The van der Waals surface area contributed by atoms with E-state index in [-0.39, 0.29) is 23.3 Å². The zero-order valence-electron chi connectivity index (χ0n) is 13.5. The van der Waals surface area contributed by atoms with Gasteiger partial charge in [0.2, 0.25) is 11.8 Å². The van der Waals surface area contributed by atoms with E-state index in [0.29, 0.717) is 13.0 Å². The highest BCUT2D eigenvalue weighted by Gasteiger charge is 2.50. The largest absolute Gasteiger partial charge is 0.340 e. The molecule has 114 valence electrons. The standard InChI is InChI=1S/C16H28N2O2/c1-6-16(5)14(20)18(10-9-11-7-8-11)12(13(19)17-16)15(2,3)4/h11-12H,6-10H2,1-5H3,(H,17,19). The fourth-order valence-corrected chi connectivity index (χ4v) is 3.03. The molecule has 1 aliphatic carbocycles. The van der Waals surface area contributed by atoms with Crippen LogP contribution in [0.2, 0.25) is 0 Å². The zero-order valence-corrected chi connectivity index (χ0v) is 13.5. The number of hydrogen-bond donors (Lipinski definition) is 1. The van der Waals surface area contributed by atoms with Crippen LogP contribution in [0.1, 0.15) is 60.3 Å². The summed E-state index contributed by atoms with van der Waals surface area (Å²) in [6.45, 7) is 10.6. The molecule has 1 saturated heterocycles. The smallest absolute Gasteiger partial charge is 0.248 e. The molecule has 2 unspecified atom stereocenters. The molecule has 0 bridgehead atoms. The molecule has 0 aromatic heterocycles. The van der Waals surface area contributed by atoms with Crippen molar-refractivity contribution in [3.63, 3.8) is 0 Å². The molecule has 20 heavy (non-hydrogen) atoms. The molecule has 4 nitrogen and oxygen atoms in total. The Kier molecular flexibility index (Phi) is 3.87. The maximum absolute atomic E-state index is 12.8. The van der Waals surface area contributed by atoms with Gasteiger partial charge in [-0.05, 0) is 31.1 Å². The van der Waals surface area contributed by atoms with Gasteiger partial charge in [-0.25, -0.2) is 0 Å². The van der Waals surface area contributed by atoms with Crippen LogP contribution in [0.5, 0.6) is 0 Å². The molecule has 1 N–H and O–H groups in total.